The summed E-state index contributed by atoms with van der Waals surface area (Å²) in [6, 6.07) is 9.28. The van der Waals surface area contributed by atoms with Crippen molar-refractivity contribution in [2.24, 2.45) is 0 Å². The van der Waals surface area contributed by atoms with E-state index in [1.165, 1.54) is 111 Å². The molecule has 258 valence electrons. The summed E-state index contributed by atoms with van der Waals surface area (Å²) < 4.78 is 43.1. The Kier molecular flexibility index (Phi) is 18.1. The number of rotatable bonds is 24. The first-order valence-electron chi connectivity index (χ1n) is 16.5. The third-order valence-electron chi connectivity index (χ3n) is 7.87. The minimum Gasteiger partial charge on any atom is -0.495 e. The second-order valence-corrected chi connectivity index (χ2v) is 14.2. The molecule has 1 unspecified atom stereocenters. The third-order valence-corrected chi connectivity index (χ3v) is 10.1. The molecule has 1 atom stereocenters. The van der Waals surface area contributed by atoms with E-state index < -0.39 is 27.1 Å². The van der Waals surface area contributed by atoms with Crippen molar-refractivity contribution in [3.05, 3.63) is 42.0 Å². The number of carbonyl (C=O) groups excluding carboxylic acids is 2. The lowest BCUT2D eigenvalue weighted by atomic mass is 10.0. The molecule has 0 aromatic heterocycles. The highest BCUT2D eigenvalue weighted by molar-refractivity contribution is 7.89. The number of anilines is 1. The molecule has 0 spiro atoms. The maximum atomic E-state index is 13.3. The number of benzene rings is 2. The zero-order valence-corrected chi connectivity index (χ0v) is 29.8. The number of hydrogen-bond donors (Lipinski definition) is 1. The lowest BCUT2D eigenvalue weighted by Crippen LogP contribution is -2.31. The normalized spacial score (nSPS) is 12.2. The summed E-state index contributed by atoms with van der Waals surface area (Å²) in [5.74, 6) is -1.00. The van der Waals surface area contributed by atoms with Crippen LogP contribution in [0, 0.1) is 0 Å². The number of nitrogens with zero attached hydrogens (tertiary/aromatic N) is 1. The number of ketones is 1. The molecule has 0 saturated heterocycles. The summed E-state index contributed by atoms with van der Waals surface area (Å²) >= 11 is 6.36. The van der Waals surface area contributed by atoms with Crippen molar-refractivity contribution in [3.63, 3.8) is 0 Å². The van der Waals surface area contributed by atoms with Crippen LogP contribution >= 0.6 is 11.6 Å². The van der Waals surface area contributed by atoms with Crippen LogP contribution in [0.4, 0.5) is 5.69 Å². The number of halogens is 1. The number of alkyl halides is 1. The van der Waals surface area contributed by atoms with Gasteiger partial charge in [0, 0.05) is 26.2 Å². The van der Waals surface area contributed by atoms with Crippen LogP contribution in [0.3, 0.4) is 0 Å². The first-order chi connectivity index (χ1) is 22.1. The molecular weight excluding hydrogens is 628 g/mol. The predicted octanol–water partition coefficient (Wildman–Crippen LogP) is 8.24. The van der Waals surface area contributed by atoms with E-state index in [2.05, 4.69) is 12.2 Å². The lowest BCUT2D eigenvalue weighted by molar-refractivity contribution is -0.115. The van der Waals surface area contributed by atoms with Gasteiger partial charge in [0.25, 0.3) is 5.91 Å². The fourth-order valence-electron chi connectivity index (χ4n) is 5.09. The van der Waals surface area contributed by atoms with Gasteiger partial charge in [0.15, 0.2) is 11.2 Å². The van der Waals surface area contributed by atoms with Crippen molar-refractivity contribution in [1.82, 2.24) is 4.31 Å². The standard InChI is InChI=1S/C35H53ClN2O7S/c1-6-7-8-9-10-11-12-13-14-15-16-17-18-21-24-45-29-23-20-19-22-27(29)34(39)33(36)35(40)37-28-25-31(44-5)32(26-30(28)43-4)46(41,42)38(2)3/h19-20,22-23,25-26,33H,6-18,21,24H2,1-5H3,(H,37,40). The Balaban J connectivity index is 1.86. The van der Waals surface area contributed by atoms with Gasteiger partial charge < -0.3 is 19.5 Å². The molecule has 0 radical (unpaired) electrons. The van der Waals surface area contributed by atoms with Crippen LogP contribution in [0.25, 0.3) is 0 Å². The van der Waals surface area contributed by atoms with Crippen molar-refractivity contribution in [2.75, 3.05) is 40.2 Å². The van der Waals surface area contributed by atoms with Crippen molar-refractivity contribution in [2.45, 2.75) is 107 Å². The molecule has 2 aromatic carbocycles. The Bertz CT molecular complexity index is 1330. The molecule has 11 heteroatoms. The Morgan fingerprint density at radius 1 is 0.783 bits per heavy atom. The molecule has 0 aliphatic rings. The molecule has 0 heterocycles. The summed E-state index contributed by atoms with van der Waals surface area (Å²) in [6.45, 7) is 2.71. The zero-order chi connectivity index (χ0) is 34.0. The molecule has 1 N–H and O–H groups in total. The Morgan fingerprint density at radius 3 is 1.83 bits per heavy atom. The monoisotopic (exact) mass is 680 g/mol. The van der Waals surface area contributed by atoms with Crippen molar-refractivity contribution >= 4 is 39.0 Å². The second kappa shape index (κ2) is 21.1. The smallest absolute Gasteiger partial charge is 0.250 e. The summed E-state index contributed by atoms with van der Waals surface area (Å²) in [6.07, 6.45) is 17.7. The van der Waals surface area contributed by atoms with Crippen molar-refractivity contribution < 1.29 is 32.2 Å². The number of ether oxygens (including phenoxy) is 3. The first kappa shape index (κ1) is 39.4. The molecule has 0 fully saturated rings. The Labute approximate surface area is 281 Å². The molecule has 2 rings (SSSR count). The van der Waals surface area contributed by atoms with Crippen LogP contribution in [0.5, 0.6) is 17.2 Å². The second-order valence-electron chi connectivity index (χ2n) is 11.6. The van der Waals surface area contributed by atoms with E-state index in [0.29, 0.717) is 12.4 Å². The largest absolute Gasteiger partial charge is 0.495 e. The highest BCUT2D eigenvalue weighted by atomic mass is 35.5. The fourth-order valence-corrected chi connectivity index (χ4v) is 6.31. The van der Waals surface area contributed by atoms with Gasteiger partial charge in [-0.25, -0.2) is 12.7 Å². The van der Waals surface area contributed by atoms with Gasteiger partial charge in [-0.2, -0.15) is 0 Å². The van der Waals surface area contributed by atoms with E-state index in [0.717, 1.165) is 23.6 Å². The van der Waals surface area contributed by atoms with Gasteiger partial charge in [-0.1, -0.05) is 103 Å². The summed E-state index contributed by atoms with van der Waals surface area (Å²) in [7, 11) is 1.56. The number of unbranched alkanes of at least 4 members (excludes halogenated alkanes) is 13. The number of methoxy groups -OCH3 is 2. The average Bonchev–Trinajstić information content (AvgIpc) is 3.05. The molecule has 0 bridgehead atoms. The maximum Gasteiger partial charge on any atom is 0.250 e. The van der Waals surface area contributed by atoms with Crippen LogP contribution in [0.15, 0.2) is 41.3 Å². The quantitative estimate of drug-likeness (QED) is 0.0514. The first-order valence-corrected chi connectivity index (χ1v) is 18.4. The molecule has 9 nitrogen and oxygen atoms in total. The number of hydrogen-bond acceptors (Lipinski definition) is 7. The molecule has 0 aliphatic heterocycles. The highest BCUT2D eigenvalue weighted by Gasteiger charge is 2.30. The number of carbonyl (C=O) groups is 2. The van der Waals surface area contributed by atoms with Crippen LogP contribution in [-0.4, -0.2) is 64.7 Å². The Morgan fingerprint density at radius 2 is 1.30 bits per heavy atom. The van der Waals surface area contributed by atoms with Gasteiger partial charge in [-0.15, -0.1) is 11.6 Å². The minimum absolute atomic E-state index is 0.00973. The van der Waals surface area contributed by atoms with Gasteiger partial charge in [-0.05, 0) is 18.6 Å². The van der Waals surface area contributed by atoms with E-state index in [1.54, 1.807) is 24.3 Å². The number of para-hydroxylation sites is 1. The van der Waals surface area contributed by atoms with Crippen LogP contribution in [0.1, 0.15) is 107 Å². The molecule has 46 heavy (non-hydrogen) atoms. The van der Waals surface area contributed by atoms with E-state index in [-0.39, 0.29) is 27.6 Å². The predicted molar refractivity (Wildman–Crippen MR) is 185 cm³/mol. The minimum atomic E-state index is -3.87. The van der Waals surface area contributed by atoms with Gasteiger partial charge >= 0.3 is 0 Å². The third kappa shape index (κ3) is 12.4. The van der Waals surface area contributed by atoms with Crippen LogP contribution in [-0.2, 0) is 14.8 Å². The van der Waals surface area contributed by atoms with Crippen molar-refractivity contribution in [1.29, 1.82) is 0 Å². The van der Waals surface area contributed by atoms with E-state index >= 15 is 0 Å². The molecule has 0 aliphatic carbocycles. The maximum absolute atomic E-state index is 13.3. The number of amides is 1. The molecule has 1 amide bonds. The number of sulfonamides is 1. The van der Waals surface area contributed by atoms with E-state index in [9.17, 15) is 18.0 Å². The van der Waals surface area contributed by atoms with Crippen LogP contribution < -0.4 is 19.5 Å². The van der Waals surface area contributed by atoms with Gasteiger partial charge in [0.05, 0.1) is 32.1 Å². The molecule has 0 saturated carbocycles. The lowest BCUT2D eigenvalue weighted by Gasteiger charge is -2.19. The summed E-state index contributed by atoms with van der Waals surface area (Å²) in [4.78, 5) is 26.2. The average molecular weight is 681 g/mol. The van der Waals surface area contributed by atoms with E-state index in [4.69, 9.17) is 25.8 Å². The van der Waals surface area contributed by atoms with Gasteiger partial charge in [0.1, 0.15) is 22.1 Å². The summed E-state index contributed by atoms with van der Waals surface area (Å²) in [5.41, 5.74) is 0.308. The van der Waals surface area contributed by atoms with Crippen LogP contribution in [0.2, 0.25) is 0 Å². The fraction of sp³-hybridized carbons (Fsp3) is 0.600. The molecular formula is C35H53ClN2O7S. The summed E-state index contributed by atoms with van der Waals surface area (Å²) in [5, 5.41) is 0.991. The molecule has 2 aromatic rings. The Hall–Kier alpha value is -2.82. The zero-order valence-electron chi connectivity index (χ0n) is 28.2. The SMILES string of the molecule is CCCCCCCCCCCCCCCCOc1ccccc1C(=O)C(Cl)C(=O)Nc1cc(OC)c(S(=O)(=O)N(C)C)cc1OC. The van der Waals surface area contributed by atoms with Crippen molar-refractivity contribution in [3.8, 4) is 17.2 Å². The number of nitrogens with one attached hydrogen (secondary N) is 1. The topological polar surface area (TPSA) is 111 Å². The van der Waals surface area contributed by atoms with Gasteiger partial charge in [-0.3, -0.25) is 9.59 Å². The number of Topliss-reactive ketones (excluding diaryl/α,β-unsaturated/α-hetero) is 1. The van der Waals surface area contributed by atoms with E-state index in [1.807, 2.05) is 0 Å². The highest BCUT2D eigenvalue weighted by Crippen LogP contribution is 2.37. The van der Waals surface area contributed by atoms with Gasteiger partial charge in [0.2, 0.25) is 10.0 Å².